The van der Waals surface area contributed by atoms with Crippen molar-refractivity contribution >= 4 is 11.6 Å². The monoisotopic (exact) mass is 326 g/mol. The molecule has 0 saturated carbocycles. The molecular formula is C20H26N2O2. The third kappa shape index (κ3) is 4.36. The topological polar surface area (TPSA) is 52.6 Å². The van der Waals surface area contributed by atoms with Gasteiger partial charge in [0.1, 0.15) is 0 Å². The lowest BCUT2D eigenvalue weighted by molar-refractivity contribution is 0.0785. The van der Waals surface area contributed by atoms with Crippen molar-refractivity contribution in [3.63, 3.8) is 0 Å². The summed E-state index contributed by atoms with van der Waals surface area (Å²) in [4.78, 5) is 13.6. The molecule has 2 aromatic carbocycles. The van der Waals surface area contributed by atoms with Gasteiger partial charge in [0.25, 0.3) is 5.91 Å². The average Bonchev–Trinajstić information content (AvgIpc) is 2.52. The molecule has 4 nitrogen and oxygen atoms in total. The summed E-state index contributed by atoms with van der Waals surface area (Å²) in [5.41, 5.74) is 3.87. The minimum Gasteiger partial charge on any atom is -0.386 e. The predicted molar refractivity (Wildman–Crippen MR) is 98.2 cm³/mol. The molecule has 2 rings (SSSR count). The highest BCUT2D eigenvalue weighted by atomic mass is 16.3. The van der Waals surface area contributed by atoms with E-state index in [-0.39, 0.29) is 5.91 Å². The molecule has 0 aromatic heterocycles. The standard InChI is InChI=1S/C20H26N2O2/c1-14-12-17(10-11-18(14)19(23)22(4)5)21-13-15-6-8-16(9-7-15)20(2,3)24/h6-12,21,24H,13H2,1-5H3. The third-order valence-electron chi connectivity index (χ3n) is 4.02. The van der Waals surface area contributed by atoms with Crippen molar-refractivity contribution in [2.75, 3.05) is 19.4 Å². The number of aryl methyl sites for hydroxylation is 1. The van der Waals surface area contributed by atoms with E-state index in [1.54, 1.807) is 32.8 Å². The minimum absolute atomic E-state index is 0.0151. The molecule has 0 spiro atoms. The molecule has 128 valence electrons. The van der Waals surface area contributed by atoms with E-state index in [1.165, 1.54) is 0 Å². The fourth-order valence-corrected chi connectivity index (χ4v) is 2.49. The van der Waals surface area contributed by atoms with E-state index < -0.39 is 5.60 Å². The second-order valence-corrected chi connectivity index (χ2v) is 6.84. The summed E-state index contributed by atoms with van der Waals surface area (Å²) < 4.78 is 0. The SMILES string of the molecule is Cc1cc(NCc2ccc(C(C)(C)O)cc2)ccc1C(=O)N(C)C. The van der Waals surface area contributed by atoms with Crippen molar-refractivity contribution in [1.82, 2.24) is 4.90 Å². The second kappa shape index (κ2) is 7.05. The molecule has 0 aliphatic heterocycles. The number of benzene rings is 2. The normalized spacial score (nSPS) is 11.2. The Bertz CT molecular complexity index is 713. The van der Waals surface area contributed by atoms with Crippen LogP contribution in [0.1, 0.15) is 40.9 Å². The Morgan fingerprint density at radius 1 is 1.12 bits per heavy atom. The van der Waals surface area contributed by atoms with Gasteiger partial charge in [0, 0.05) is 31.9 Å². The van der Waals surface area contributed by atoms with Crippen molar-refractivity contribution < 1.29 is 9.90 Å². The summed E-state index contributed by atoms with van der Waals surface area (Å²) in [6.07, 6.45) is 0. The van der Waals surface area contributed by atoms with E-state index in [0.29, 0.717) is 6.54 Å². The Labute approximate surface area is 144 Å². The van der Waals surface area contributed by atoms with Crippen LogP contribution in [0, 0.1) is 6.92 Å². The summed E-state index contributed by atoms with van der Waals surface area (Å²) in [5.74, 6) is 0.0151. The molecule has 2 N–H and O–H groups in total. The second-order valence-electron chi connectivity index (χ2n) is 6.84. The van der Waals surface area contributed by atoms with Crippen LogP contribution in [-0.2, 0) is 12.1 Å². The molecule has 4 heteroatoms. The summed E-state index contributed by atoms with van der Waals surface area (Å²) >= 11 is 0. The number of hydrogen-bond acceptors (Lipinski definition) is 3. The first-order valence-corrected chi connectivity index (χ1v) is 8.06. The van der Waals surface area contributed by atoms with Gasteiger partial charge in [0.2, 0.25) is 0 Å². The molecule has 0 atom stereocenters. The molecule has 0 fully saturated rings. The number of nitrogens with zero attached hydrogens (tertiary/aromatic N) is 1. The maximum absolute atomic E-state index is 12.1. The van der Waals surface area contributed by atoms with E-state index in [1.807, 2.05) is 49.4 Å². The van der Waals surface area contributed by atoms with Crippen LogP contribution in [0.25, 0.3) is 0 Å². The largest absolute Gasteiger partial charge is 0.386 e. The number of aliphatic hydroxyl groups is 1. The fourth-order valence-electron chi connectivity index (χ4n) is 2.49. The van der Waals surface area contributed by atoms with Crippen LogP contribution in [0.5, 0.6) is 0 Å². The van der Waals surface area contributed by atoms with Crippen LogP contribution in [0.15, 0.2) is 42.5 Å². The number of rotatable bonds is 5. The average molecular weight is 326 g/mol. The van der Waals surface area contributed by atoms with Gasteiger partial charge in [0.15, 0.2) is 0 Å². The fraction of sp³-hybridized carbons (Fsp3) is 0.350. The molecular weight excluding hydrogens is 300 g/mol. The maximum atomic E-state index is 12.1. The van der Waals surface area contributed by atoms with Gasteiger partial charge in [-0.1, -0.05) is 24.3 Å². The van der Waals surface area contributed by atoms with Crippen molar-refractivity contribution in [3.05, 3.63) is 64.7 Å². The van der Waals surface area contributed by atoms with Crippen molar-refractivity contribution in [2.24, 2.45) is 0 Å². The highest BCUT2D eigenvalue weighted by Gasteiger charge is 2.15. The van der Waals surface area contributed by atoms with Crippen molar-refractivity contribution in [2.45, 2.75) is 32.9 Å². The first kappa shape index (κ1) is 18.0. The predicted octanol–water partition coefficient (Wildman–Crippen LogP) is 3.54. The summed E-state index contributed by atoms with van der Waals surface area (Å²) in [6, 6.07) is 13.7. The lowest BCUT2D eigenvalue weighted by Crippen LogP contribution is -2.22. The van der Waals surface area contributed by atoms with Gasteiger partial charge >= 0.3 is 0 Å². The first-order chi connectivity index (χ1) is 11.2. The minimum atomic E-state index is -0.822. The van der Waals surface area contributed by atoms with Crippen LogP contribution >= 0.6 is 0 Å². The van der Waals surface area contributed by atoms with Crippen molar-refractivity contribution in [1.29, 1.82) is 0 Å². The number of anilines is 1. The molecule has 0 bridgehead atoms. The smallest absolute Gasteiger partial charge is 0.253 e. The molecule has 0 aliphatic rings. The lowest BCUT2D eigenvalue weighted by atomic mass is 9.97. The van der Waals surface area contributed by atoms with E-state index in [2.05, 4.69) is 5.32 Å². The molecule has 2 aromatic rings. The molecule has 0 radical (unpaired) electrons. The van der Waals surface area contributed by atoms with Gasteiger partial charge in [0.05, 0.1) is 5.60 Å². The lowest BCUT2D eigenvalue weighted by Gasteiger charge is -2.18. The van der Waals surface area contributed by atoms with E-state index in [0.717, 1.165) is 27.9 Å². The van der Waals surface area contributed by atoms with Crippen LogP contribution in [0.2, 0.25) is 0 Å². The zero-order valence-electron chi connectivity index (χ0n) is 15.1. The third-order valence-corrected chi connectivity index (χ3v) is 4.02. The molecule has 0 unspecified atom stereocenters. The van der Waals surface area contributed by atoms with Crippen LogP contribution < -0.4 is 5.32 Å². The van der Waals surface area contributed by atoms with Crippen molar-refractivity contribution in [3.8, 4) is 0 Å². The Kier molecular flexibility index (Phi) is 5.30. The number of hydrogen-bond donors (Lipinski definition) is 2. The summed E-state index contributed by atoms with van der Waals surface area (Å²) in [6.45, 7) is 6.19. The van der Waals surface area contributed by atoms with Gasteiger partial charge in [-0.15, -0.1) is 0 Å². The van der Waals surface area contributed by atoms with Gasteiger partial charge in [-0.05, 0) is 55.7 Å². The Hall–Kier alpha value is -2.33. The van der Waals surface area contributed by atoms with Crippen LogP contribution in [0.4, 0.5) is 5.69 Å². The van der Waals surface area contributed by atoms with Gasteiger partial charge in [-0.25, -0.2) is 0 Å². The summed E-state index contributed by atoms with van der Waals surface area (Å²) in [5, 5.41) is 13.3. The van der Waals surface area contributed by atoms with E-state index >= 15 is 0 Å². The zero-order valence-corrected chi connectivity index (χ0v) is 15.1. The molecule has 0 heterocycles. The zero-order chi connectivity index (χ0) is 17.9. The van der Waals surface area contributed by atoms with Crippen LogP contribution in [-0.4, -0.2) is 30.0 Å². The Morgan fingerprint density at radius 2 is 1.75 bits per heavy atom. The highest BCUT2D eigenvalue weighted by molar-refractivity contribution is 5.95. The number of carbonyl (C=O) groups excluding carboxylic acids is 1. The maximum Gasteiger partial charge on any atom is 0.253 e. The molecule has 0 saturated heterocycles. The van der Waals surface area contributed by atoms with E-state index in [4.69, 9.17) is 0 Å². The Morgan fingerprint density at radius 3 is 2.25 bits per heavy atom. The van der Waals surface area contributed by atoms with Crippen LogP contribution in [0.3, 0.4) is 0 Å². The van der Waals surface area contributed by atoms with Gasteiger partial charge < -0.3 is 15.3 Å². The molecule has 24 heavy (non-hydrogen) atoms. The Balaban J connectivity index is 2.05. The summed E-state index contributed by atoms with van der Waals surface area (Å²) in [7, 11) is 3.51. The van der Waals surface area contributed by atoms with Gasteiger partial charge in [-0.3, -0.25) is 4.79 Å². The number of amides is 1. The number of nitrogens with one attached hydrogen (secondary N) is 1. The number of carbonyl (C=O) groups is 1. The quantitative estimate of drug-likeness (QED) is 0.884. The first-order valence-electron chi connectivity index (χ1n) is 8.06. The van der Waals surface area contributed by atoms with E-state index in [9.17, 15) is 9.90 Å². The highest BCUT2D eigenvalue weighted by Crippen LogP contribution is 2.21. The van der Waals surface area contributed by atoms with Gasteiger partial charge in [-0.2, -0.15) is 0 Å². The molecule has 1 amide bonds. The molecule has 0 aliphatic carbocycles.